The molecule has 0 atom stereocenters. The molecule has 26 heavy (non-hydrogen) atoms. The van der Waals surface area contributed by atoms with Crippen molar-refractivity contribution in [3.8, 4) is 0 Å². The lowest BCUT2D eigenvalue weighted by molar-refractivity contribution is -0.143. The van der Waals surface area contributed by atoms with Crippen LogP contribution in [0, 0.1) is 0 Å². The van der Waals surface area contributed by atoms with Crippen LogP contribution in [0.1, 0.15) is 38.5 Å². The molecule has 0 unspecified atom stereocenters. The second-order valence-corrected chi connectivity index (χ2v) is 6.12. The maximum atomic E-state index is 10.7. The summed E-state index contributed by atoms with van der Waals surface area (Å²) in [6.07, 6.45) is 4.86. The lowest BCUT2D eigenvalue weighted by Gasteiger charge is -2.18. The molecule has 0 aliphatic heterocycles. The average Bonchev–Trinajstić information content (AvgIpc) is 2.47. The lowest BCUT2D eigenvalue weighted by atomic mass is 10.1. The smallest absolute Gasteiger partial charge is 0.317 e. The highest BCUT2D eigenvalue weighted by Gasteiger charge is 2.13. The Kier molecular flexibility index (Phi) is 12.8. The van der Waals surface area contributed by atoms with E-state index in [9.17, 15) is 19.2 Å². The Morgan fingerprint density at radius 3 is 0.923 bits per heavy atom. The fraction of sp³-hybridized carbons (Fsp3) is 0.750. The molecule has 0 saturated carbocycles. The molecule has 10 heteroatoms. The maximum Gasteiger partial charge on any atom is 0.317 e. The van der Waals surface area contributed by atoms with Crippen molar-refractivity contribution in [1.82, 2.24) is 9.80 Å². The maximum absolute atomic E-state index is 10.7. The van der Waals surface area contributed by atoms with E-state index in [1.807, 2.05) is 0 Å². The van der Waals surface area contributed by atoms with E-state index in [0.29, 0.717) is 25.9 Å². The number of carboxylic acid groups (broad SMARTS) is 4. The van der Waals surface area contributed by atoms with Crippen molar-refractivity contribution < 1.29 is 39.6 Å². The standard InChI is InChI=1S/C16H28N2O8/c19-13(20)9-17(10-14(21)22)7-5-3-1-2-4-6-8-18(11-15(23)24)12-16(25)26/h1-12H2,(H,19,20)(H,21,22)(H,23,24)(H,25,26). The van der Waals surface area contributed by atoms with Crippen LogP contribution in [0.2, 0.25) is 0 Å². The Labute approximate surface area is 152 Å². The first-order valence-corrected chi connectivity index (χ1v) is 8.52. The minimum Gasteiger partial charge on any atom is -0.480 e. The van der Waals surface area contributed by atoms with Gasteiger partial charge in [0.15, 0.2) is 0 Å². The van der Waals surface area contributed by atoms with Crippen molar-refractivity contribution in [1.29, 1.82) is 0 Å². The molecular formula is C16H28N2O8. The van der Waals surface area contributed by atoms with Crippen molar-refractivity contribution in [3.63, 3.8) is 0 Å². The third kappa shape index (κ3) is 15.3. The Bertz CT molecular complexity index is 395. The SMILES string of the molecule is O=C(O)CN(CCCCCCCCN(CC(=O)O)CC(=O)O)CC(=O)O. The van der Waals surface area contributed by atoms with Gasteiger partial charge in [-0.3, -0.25) is 29.0 Å². The average molecular weight is 376 g/mol. The van der Waals surface area contributed by atoms with Crippen molar-refractivity contribution in [2.45, 2.75) is 38.5 Å². The van der Waals surface area contributed by atoms with Gasteiger partial charge in [0.1, 0.15) is 0 Å². The summed E-state index contributed by atoms with van der Waals surface area (Å²) in [5, 5.41) is 35.0. The summed E-state index contributed by atoms with van der Waals surface area (Å²) in [6, 6.07) is 0. The highest BCUT2D eigenvalue weighted by Crippen LogP contribution is 2.07. The van der Waals surface area contributed by atoms with Crippen LogP contribution in [-0.2, 0) is 19.2 Å². The number of carbonyl (C=O) groups is 4. The molecule has 0 amide bonds. The summed E-state index contributed by atoms with van der Waals surface area (Å²) in [6.45, 7) is -0.373. The van der Waals surface area contributed by atoms with Gasteiger partial charge in [0.25, 0.3) is 0 Å². The summed E-state index contributed by atoms with van der Waals surface area (Å²) in [5.74, 6) is -4.23. The van der Waals surface area contributed by atoms with E-state index >= 15 is 0 Å². The zero-order chi connectivity index (χ0) is 19.9. The molecule has 0 aliphatic rings. The summed E-state index contributed by atoms with van der Waals surface area (Å²) in [5.41, 5.74) is 0. The molecule has 0 aliphatic carbocycles. The molecule has 0 aromatic carbocycles. The van der Waals surface area contributed by atoms with E-state index < -0.39 is 23.9 Å². The predicted molar refractivity (Wildman–Crippen MR) is 91.1 cm³/mol. The molecule has 150 valence electrons. The third-order valence-corrected chi connectivity index (χ3v) is 3.63. The van der Waals surface area contributed by atoms with Gasteiger partial charge in [-0.05, 0) is 25.9 Å². The number of aliphatic carboxylic acids is 4. The van der Waals surface area contributed by atoms with Crippen LogP contribution >= 0.6 is 0 Å². The van der Waals surface area contributed by atoms with E-state index in [-0.39, 0.29) is 26.2 Å². The Hall–Kier alpha value is -2.20. The largest absolute Gasteiger partial charge is 0.480 e. The van der Waals surface area contributed by atoms with Crippen molar-refractivity contribution in [2.75, 3.05) is 39.3 Å². The normalized spacial score (nSPS) is 11.0. The van der Waals surface area contributed by atoms with Crippen molar-refractivity contribution in [2.24, 2.45) is 0 Å². The van der Waals surface area contributed by atoms with Crippen LogP contribution in [0.25, 0.3) is 0 Å². The number of hydrogen-bond acceptors (Lipinski definition) is 6. The molecule has 10 nitrogen and oxygen atoms in total. The van der Waals surface area contributed by atoms with Gasteiger partial charge in [0.05, 0.1) is 26.2 Å². The molecule has 0 heterocycles. The summed E-state index contributed by atoms with van der Waals surface area (Å²) in [7, 11) is 0. The molecular weight excluding hydrogens is 348 g/mol. The van der Waals surface area contributed by atoms with Crippen LogP contribution < -0.4 is 0 Å². The van der Waals surface area contributed by atoms with E-state index in [0.717, 1.165) is 25.7 Å². The van der Waals surface area contributed by atoms with Gasteiger partial charge in [-0.15, -0.1) is 0 Å². The first-order chi connectivity index (χ1) is 12.2. The number of unbranched alkanes of at least 4 members (excludes halogenated alkanes) is 5. The quantitative estimate of drug-likeness (QED) is 0.260. The van der Waals surface area contributed by atoms with Crippen LogP contribution in [0.4, 0.5) is 0 Å². The van der Waals surface area contributed by atoms with Crippen LogP contribution in [0.5, 0.6) is 0 Å². The zero-order valence-corrected chi connectivity index (χ0v) is 14.8. The molecule has 0 aromatic heterocycles. The monoisotopic (exact) mass is 376 g/mol. The van der Waals surface area contributed by atoms with Gasteiger partial charge in [0.2, 0.25) is 0 Å². The highest BCUT2D eigenvalue weighted by atomic mass is 16.4. The van der Waals surface area contributed by atoms with Crippen LogP contribution in [0.15, 0.2) is 0 Å². The molecule has 4 N–H and O–H groups in total. The second-order valence-electron chi connectivity index (χ2n) is 6.12. The van der Waals surface area contributed by atoms with E-state index in [1.54, 1.807) is 0 Å². The molecule has 0 spiro atoms. The molecule has 0 aromatic rings. The number of hydrogen-bond donors (Lipinski definition) is 4. The zero-order valence-electron chi connectivity index (χ0n) is 14.8. The van der Waals surface area contributed by atoms with Gasteiger partial charge >= 0.3 is 23.9 Å². The van der Waals surface area contributed by atoms with E-state index in [4.69, 9.17) is 20.4 Å². The second kappa shape index (κ2) is 14.0. The van der Waals surface area contributed by atoms with E-state index in [1.165, 1.54) is 9.80 Å². The number of rotatable bonds is 17. The van der Waals surface area contributed by atoms with Crippen LogP contribution in [-0.4, -0.2) is 93.4 Å². The third-order valence-electron chi connectivity index (χ3n) is 3.63. The van der Waals surface area contributed by atoms with E-state index in [2.05, 4.69) is 0 Å². The van der Waals surface area contributed by atoms with Gasteiger partial charge in [-0.25, -0.2) is 0 Å². The van der Waals surface area contributed by atoms with Gasteiger partial charge < -0.3 is 20.4 Å². The lowest BCUT2D eigenvalue weighted by Crippen LogP contribution is -2.35. The first-order valence-electron chi connectivity index (χ1n) is 8.52. The Balaban J connectivity index is 3.83. The van der Waals surface area contributed by atoms with Crippen molar-refractivity contribution in [3.05, 3.63) is 0 Å². The van der Waals surface area contributed by atoms with Gasteiger partial charge in [-0.1, -0.05) is 25.7 Å². The minimum absolute atomic E-state index is 0.296. The van der Waals surface area contributed by atoms with Gasteiger partial charge in [0, 0.05) is 0 Å². The Morgan fingerprint density at radius 2 is 0.692 bits per heavy atom. The first kappa shape index (κ1) is 23.8. The molecule has 0 saturated heterocycles. The summed E-state index contributed by atoms with van der Waals surface area (Å²) >= 11 is 0. The van der Waals surface area contributed by atoms with Crippen LogP contribution in [0.3, 0.4) is 0 Å². The highest BCUT2D eigenvalue weighted by molar-refractivity contribution is 5.73. The van der Waals surface area contributed by atoms with Crippen molar-refractivity contribution >= 4 is 23.9 Å². The molecule has 0 radical (unpaired) electrons. The number of carboxylic acids is 4. The number of nitrogens with zero attached hydrogens (tertiary/aromatic N) is 2. The predicted octanol–water partition coefficient (Wildman–Crippen LogP) is 0.269. The fourth-order valence-corrected chi connectivity index (χ4v) is 2.57. The molecule has 0 bridgehead atoms. The topological polar surface area (TPSA) is 156 Å². The fourth-order valence-electron chi connectivity index (χ4n) is 2.57. The molecule has 0 fully saturated rings. The summed E-state index contributed by atoms with van der Waals surface area (Å²) in [4.78, 5) is 45.5. The molecule has 0 rings (SSSR count). The minimum atomic E-state index is -1.06. The summed E-state index contributed by atoms with van der Waals surface area (Å²) < 4.78 is 0. The van der Waals surface area contributed by atoms with Gasteiger partial charge in [-0.2, -0.15) is 0 Å². The Morgan fingerprint density at radius 1 is 0.462 bits per heavy atom.